The van der Waals surface area contributed by atoms with Crippen molar-refractivity contribution in [1.82, 2.24) is 10.6 Å². The molecule has 0 amide bonds. The van der Waals surface area contributed by atoms with Gasteiger partial charge in [0.15, 0.2) is 15.8 Å². The summed E-state index contributed by atoms with van der Waals surface area (Å²) in [5.74, 6) is 1.93. The van der Waals surface area contributed by atoms with Gasteiger partial charge in [0.05, 0.1) is 18.1 Å². The third-order valence-corrected chi connectivity index (χ3v) is 6.28. The standard InChI is InChI=1S/C21H27N3O3S.HI/c1-2-22-21(24-19-12-13-28(25,26)16-19)23-14-17-8-10-18(11-9-17)15-27-20-6-4-3-5-7-20;/h3-11,19H,2,12-16H2,1H3,(H2,22,23,24);1H. The first-order chi connectivity index (χ1) is 13.5. The Labute approximate surface area is 190 Å². The normalized spacial score (nSPS) is 18.0. The molecule has 1 unspecified atom stereocenters. The largest absolute Gasteiger partial charge is 0.489 e. The number of hydrogen-bond acceptors (Lipinski definition) is 4. The first-order valence-corrected chi connectivity index (χ1v) is 11.4. The Morgan fingerprint density at radius 1 is 1.10 bits per heavy atom. The Balaban J connectivity index is 0.00000300. The van der Waals surface area contributed by atoms with Crippen molar-refractivity contribution in [2.75, 3.05) is 18.1 Å². The molecule has 6 nitrogen and oxygen atoms in total. The van der Waals surface area contributed by atoms with Gasteiger partial charge in [-0.15, -0.1) is 24.0 Å². The average Bonchev–Trinajstić information content (AvgIpc) is 3.04. The minimum absolute atomic E-state index is 0. The Hall–Kier alpha value is -1.81. The minimum atomic E-state index is -2.91. The van der Waals surface area contributed by atoms with Crippen LogP contribution in [0.5, 0.6) is 5.75 Å². The van der Waals surface area contributed by atoms with Crippen LogP contribution in [-0.4, -0.2) is 38.5 Å². The van der Waals surface area contributed by atoms with Crippen LogP contribution in [0.4, 0.5) is 0 Å². The van der Waals surface area contributed by atoms with Gasteiger partial charge in [-0.1, -0.05) is 42.5 Å². The number of aliphatic imine (C=N–C) groups is 1. The van der Waals surface area contributed by atoms with Gasteiger partial charge in [0, 0.05) is 12.6 Å². The molecule has 1 saturated heterocycles. The lowest BCUT2D eigenvalue weighted by Crippen LogP contribution is -2.44. The van der Waals surface area contributed by atoms with Crippen molar-refractivity contribution in [2.45, 2.75) is 32.5 Å². The van der Waals surface area contributed by atoms with Gasteiger partial charge in [0.2, 0.25) is 0 Å². The molecule has 1 atom stereocenters. The van der Waals surface area contributed by atoms with Crippen LogP contribution >= 0.6 is 24.0 Å². The zero-order valence-electron chi connectivity index (χ0n) is 16.5. The number of para-hydroxylation sites is 1. The van der Waals surface area contributed by atoms with Crippen LogP contribution < -0.4 is 15.4 Å². The van der Waals surface area contributed by atoms with E-state index in [2.05, 4.69) is 15.6 Å². The number of halogens is 1. The molecule has 0 aliphatic carbocycles. The lowest BCUT2D eigenvalue weighted by atomic mass is 10.1. The van der Waals surface area contributed by atoms with Crippen molar-refractivity contribution in [1.29, 1.82) is 0 Å². The van der Waals surface area contributed by atoms with Crippen molar-refractivity contribution in [2.24, 2.45) is 4.99 Å². The molecule has 2 aromatic carbocycles. The summed E-state index contributed by atoms with van der Waals surface area (Å²) >= 11 is 0. The van der Waals surface area contributed by atoms with E-state index in [-0.39, 0.29) is 41.5 Å². The average molecular weight is 529 g/mol. The molecular formula is C21H28IN3O3S. The monoisotopic (exact) mass is 529 g/mol. The summed E-state index contributed by atoms with van der Waals surface area (Å²) in [6.45, 7) is 3.76. The number of ether oxygens (including phenoxy) is 1. The molecule has 1 aliphatic rings. The van der Waals surface area contributed by atoms with Crippen molar-refractivity contribution in [3.63, 3.8) is 0 Å². The van der Waals surface area contributed by atoms with E-state index in [1.165, 1.54) is 0 Å². The second-order valence-corrected chi connectivity index (χ2v) is 9.09. The molecule has 1 fully saturated rings. The molecule has 0 spiro atoms. The highest BCUT2D eigenvalue weighted by Crippen LogP contribution is 2.13. The number of hydrogen-bond donors (Lipinski definition) is 2. The number of sulfone groups is 1. The van der Waals surface area contributed by atoms with Gasteiger partial charge in [0.25, 0.3) is 0 Å². The molecule has 1 heterocycles. The Morgan fingerprint density at radius 3 is 2.41 bits per heavy atom. The number of guanidine groups is 1. The van der Waals surface area contributed by atoms with E-state index in [1.54, 1.807) is 0 Å². The number of rotatable bonds is 7. The van der Waals surface area contributed by atoms with E-state index in [0.29, 0.717) is 25.5 Å². The van der Waals surface area contributed by atoms with Gasteiger partial charge in [-0.25, -0.2) is 13.4 Å². The molecule has 29 heavy (non-hydrogen) atoms. The quantitative estimate of drug-likeness (QED) is 0.328. The molecule has 0 bridgehead atoms. The first kappa shape index (κ1) is 23.5. The van der Waals surface area contributed by atoms with Crippen LogP contribution in [0, 0.1) is 0 Å². The van der Waals surface area contributed by atoms with E-state index in [9.17, 15) is 8.42 Å². The summed E-state index contributed by atoms with van der Waals surface area (Å²) in [6.07, 6.45) is 0.628. The Kier molecular flexibility index (Phi) is 9.22. The van der Waals surface area contributed by atoms with Crippen LogP contribution in [-0.2, 0) is 23.0 Å². The van der Waals surface area contributed by atoms with Crippen LogP contribution in [0.2, 0.25) is 0 Å². The van der Waals surface area contributed by atoms with E-state index < -0.39 is 9.84 Å². The maximum absolute atomic E-state index is 11.6. The summed E-state index contributed by atoms with van der Waals surface area (Å²) in [6, 6.07) is 17.8. The van der Waals surface area contributed by atoms with E-state index in [0.717, 1.165) is 23.4 Å². The topological polar surface area (TPSA) is 79.8 Å². The number of benzene rings is 2. The van der Waals surface area contributed by atoms with Crippen LogP contribution in [0.3, 0.4) is 0 Å². The smallest absolute Gasteiger partial charge is 0.191 e. The van der Waals surface area contributed by atoms with Gasteiger partial charge in [-0.3, -0.25) is 0 Å². The highest BCUT2D eigenvalue weighted by Gasteiger charge is 2.28. The predicted octanol–water partition coefficient (Wildman–Crippen LogP) is 3.13. The zero-order valence-corrected chi connectivity index (χ0v) is 19.7. The first-order valence-electron chi connectivity index (χ1n) is 9.55. The van der Waals surface area contributed by atoms with Gasteiger partial charge in [-0.05, 0) is 36.6 Å². The molecule has 1 aliphatic heterocycles. The highest BCUT2D eigenvalue weighted by molar-refractivity contribution is 14.0. The van der Waals surface area contributed by atoms with Gasteiger partial charge >= 0.3 is 0 Å². The molecule has 0 saturated carbocycles. The molecular weight excluding hydrogens is 501 g/mol. The van der Waals surface area contributed by atoms with Gasteiger partial charge in [-0.2, -0.15) is 0 Å². The summed E-state index contributed by atoms with van der Waals surface area (Å²) in [7, 11) is -2.91. The van der Waals surface area contributed by atoms with E-state index in [4.69, 9.17) is 4.74 Å². The van der Waals surface area contributed by atoms with Crippen LogP contribution in [0.15, 0.2) is 59.6 Å². The molecule has 8 heteroatoms. The molecule has 0 aromatic heterocycles. The molecule has 2 N–H and O–H groups in total. The lowest BCUT2D eigenvalue weighted by Gasteiger charge is -2.15. The number of nitrogens with one attached hydrogen (secondary N) is 2. The van der Waals surface area contributed by atoms with Crippen molar-refractivity contribution < 1.29 is 13.2 Å². The Morgan fingerprint density at radius 2 is 1.79 bits per heavy atom. The molecule has 2 aromatic rings. The summed E-state index contributed by atoms with van der Waals surface area (Å²) < 4.78 is 29.0. The van der Waals surface area contributed by atoms with Crippen molar-refractivity contribution in [3.8, 4) is 5.75 Å². The maximum atomic E-state index is 11.6. The Bertz CT molecular complexity index is 887. The number of nitrogens with zero attached hydrogens (tertiary/aromatic N) is 1. The summed E-state index contributed by atoms with van der Waals surface area (Å²) in [5, 5.41) is 6.41. The van der Waals surface area contributed by atoms with Crippen molar-refractivity contribution >= 4 is 39.8 Å². The third kappa shape index (κ3) is 7.85. The zero-order chi connectivity index (χ0) is 19.8. The lowest BCUT2D eigenvalue weighted by molar-refractivity contribution is 0.306. The van der Waals surface area contributed by atoms with Crippen molar-refractivity contribution in [3.05, 3.63) is 65.7 Å². The fraction of sp³-hybridized carbons (Fsp3) is 0.381. The highest BCUT2D eigenvalue weighted by atomic mass is 127. The second-order valence-electron chi connectivity index (χ2n) is 6.86. The minimum Gasteiger partial charge on any atom is -0.489 e. The SMILES string of the molecule is CCNC(=NCc1ccc(COc2ccccc2)cc1)NC1CCS(=O)(=O)C1.I. The summed E-state index contributed by atoms with van der Waals surface area (Å²) in [4.78, 5) is 4.59. The van der Waals surface area contributed by atoms with Gasteiger partial charge in [0.1, 0.15) is 12.4 Å². The molecule has 158 valence electrons. The summed E-state index contributed by atoms with van der Waals surface area (Å²) in [5.41, 5.74) is 2.18. The van der Waals surface area contributed by atoms with E-state index in [1.807, 2.05) is 61.5 Å². The van der Waals surface area contributed by atoms with Gasteiger partial charge < -0.3 is 15.4 Å². The molecule has 0 radical (unpaired) electrons. The van der Waals surface area contributed by atoms with E-state index >= 15 is 0 Å². The third-order valence-electron chi connectivity index (χ3n) is 4.51. The fourth-order valence-corrected chi connectivity index (χ4v) is 4.69. The van der Waals surface area contributed by atoms with Crippen LogP contribution in [0.1, 0.15) is 24.5 Å². The maximum Gasteiger partial charge on any atom is 0.191 e. The fourth-order valence-electron chi connectivity index (χ4n) is 3.02. The predicted molar refractivity (Wildman–Crippen MR) is 128 cm³/mol. The molecule has 3 rings (SSSR count). The second kappa shape index (κ2) is 11.4. The van der Waals surface area contributed by atoms with Crippen LogP contribution in [0.25, 0.3) is 0 Å².